The molecule has 0 heterocycles. The second-order valence-electron chi connectivity index (χ2n) is 3.23. The Morgan fingerprint density at radius 1 is 1.50 bits per heavy atom. The van der Waals surface area contributed by atoms with E-state index in [1.165, 1.54) is 0 Å². The second kappa shape index (κ2) is 5.10. The number of carbonyl (C=O) groups excluding carboxylic acids is 1. The summed E-state index contributed by atoms with van der Waals surface area (Å²) in [7, 11) is 0. The van der Waals surface area contributed by atoms with Crippen LogP contribution < -0.4 is 0 Å². The minimum atomic E-state index is -0.163. The number of hydrogen-bond donors (Lipinski definition) is 0. The van der Waals surface area contributed by atoms with Crippen LogP contribution in [-0.2, 0) is 4.79 Å². The molecule has 0 saturated heterocycles. The average Bonchev–Trinajstić information content (AvgIpc) is 2.19. The molecule has 0 N–H and O–H groups in total. The van der Waals surface area contributed by atoms with E-state index in [9.17, 15) is 4.79 Å². The zero-order valence-electron chi connectivity index (χ0n) is 8.05. The van der Waals surface area contributed by atoms with E-state index < -0.39 is 0 Å². The summed E-state index contributed by atoms with van der Waals surface area (Å²) in [6, 6.07) is 9.78. The Morgan fingerprint density at radius 3 is 2.71 bits per heavy atom. The zero-order valence-corrected chi connectivity index (χ0v) is 8.05. The number of Topliss-reactive ketones (excluding diaryl/α,β-unsaturated/α-hetero) is 1. The molecule has 1 rings (SSSR count). The van der Waals surface area contributed by atoms with Gasteiger partial charge in [0, 0.05) is 6.42 Å². The van der Waals surface area contributed by atoms with E-state index in [0.29, 0.717) is 6.42 Å². The molecule has 0 radical (unpaired) electrons. The van der Waals surface area contributed by atoms with Gasteiger partial charge in [0.2, 0.25) is 5.78 Å². The fraction of sp³-hybridized carbons (Fsp3) is 0.273. The Bertz CT molecular complexity index is 353. The molecular formula is C11H12N2O. The average molecular weight is 188 g/mol. The Hall–Kier alpha value is -1.73. The first-order chi connectivity index (χ1) is 6.74. The number of nitrogens with zero attached hydrogens (tertiary/aromatic N) is 2. The highest BCUT2D eigenvalue weighted by Gasteiger charge is 2.11. The highest BCUT2D eigenvalue weighted by Crippen LogP contribution is 2.17. The largest absolute Gasteiger partial charge is 0.361 e. The molecule has 3 nitrogen and oxygen atoms in total. The van der Waals surface area contributed by atoms with Crippen LogP contribution in [0.3, 0.4) is 0 Å². The smallest absolute Gasteiger partial charge is 0.323 e. The molecule has 14 heavy (non-hydrogen) atoms. The van der Waals surface area contributed by atoms with Crippen molar-refractivity contribution < 1.29 is 9.58 Å². The lowest BCUT2D eigenvalue weighted by atomic mass is 9.96. The van der Waals surface area contributed by atoms with E-state index >= 15 is 0 Å². The van der Waals surface area contributed by atoms with E-state index in [1.807, 2.05) is 37.3 Å². The van der Waals surface area contributed by atoms with Crippen molar-refractivity contribution >= 4 is 12.0 Å². The molecule has 1 aromatic carbocycles. The molecule has 1 atom stereocenters. The molecule has 0 aliphatic rings. The van der Waals surface area contributed by atoms with Crippen LogP contribution in [0.15, 0.2) is 30.3 Å². The van der Waals surface area contributed by atoms with Gasteiger partial charge in [-0.2, -0.15) is 4.79 Å². The van der Waals surface area contributed by atoms with Gasteiger partial charge in [-0.25, -0.2) is 0 Å². The molecule has 0 spiro atoms. The number of benzene rings is 1. The maximum absolute atomic E-state index is 11.1. The van der Waals surface area contributed by atoms with Gasteiger partial charge in [-0.1, -0.05) is 37.3 Å². The van der Waals surface area contributed by atoms with E-state index in [1.54, 1.807) is 0 Å². The van der Waals surface area contributed by atoms with Gasteiger partial charge in [0.25, 0.3) is 0 Å². The quantitative estimate of drug-likeness (QED) is 0.405. The third-order valence-electron chi connectivity index (χ3n) is 2.08. The summed E-state index contributed by atoms with van der Waals surface area (Å²) in [5.74, 6) is -0.00875. The fourth-order valence-electron chi connectivity index (χ4n) is 1.32. The van der Waals surface area contributed by atoms with E-state index in [2.05, 4.69) is 4.79 Å². The SMILES string of the molecule is C[C@@H](CC(=O)C=[N+]=[N-])c1ccccc1. The maximum atomic E-state index is 11.1. The Balaban J connectivity index is 2.63. The minimum absolute atomic E-state index is 0.154. The molecule has 0 bridgehead atoms. The standard InChI is InChI=1S/C11H12N2O/c1-9(7-11(14)8-13-12)10-5-3-2-4-6-10/h2-6,8-9H,7H2,1H3/t9-/m0/s1. The van der Waals surface area contributed by atoms with Crippen molar-refractivity contribution in [3.8, 4) is 0 Å². The first-order valence-electron chi connectivity index (χ1n) is 4.49. The van der Waals surface area contributed by atoms with Crippen molar-refractivity contribution in [2.75, 3.05) is 0 Å². The Kier molecular flexibility index (Phi) is 3.77. The summed E-state index contributed by atoms with van der Waals surface area (Å²) in [5.41, 5.74) is 9.29. The van der Waals surface area contributed by atoms with Gasteiger partial charge in [0.1, 0.15) is 0 Å². The van der Waals surface area contributed by atoms with Crippen LogP contribution in [-0.4, -0.2) is 16.8 Å². The van der Waals surface area contributed by atoms with Crippen molar-refractivity contribution in [3.63, 3.8) is 0 Å². The molecule has 0 aliphatic heterocycles. The zero-order chi connectivity index (χ0) is 10.4. The van der Waals surface area contributed by atoms with Crippen LogP contribution in [0.2, 0.25) is 0 Å². The van der Waals surface area contributed by atoms with Crippen molar-refractivity contribution in [1.82, 2.24) is 0 Å². The maximum Gasteiger partial charge on any atom is 0.323 e. The summed E-state index contributed by atoms with van der Waals surface area (Å²) < 4.78 is 0. The highest BCUT2D eigenvalue weighted by molar-refractivity contribution is 6.25. The van der Waals surface area contributed by atoms with E-state index in [0.717, 1.165) is 11.8 Å². The molecular weight excluding hydrogens is 176 g/mol. The molecule has 3 heteroatoms. The first-order valence-corrected chi connectivity index (χ1v) is 4.49. The van der Waals surface area contributed by atoms with Gasteiger partial charge < -0.3 is 5.53 Å². The molecule has 0 aromatic heterocycles. The molecule has 72 valence electrons. The lowest BCUT2D eigenvalue weighted by molar-refractivity contribution is -0.116. The predicted octanol–water partition coefficient (Wildman–Crippen LogP) is 2.05. The van der Waals surface area contributed by atoms with Crippen LogP contribution in [0, 0.1) is 0 Å². The predicted molar refractivity (Wildman–Crippen MR) is 54.2 cm³/mol. The van der Waals surface area contributed by atoms with Crippen LogP contribution in [0.1, 0.15) is 24.8 Å². The monoisotopic (exact) mass is 188 g/mol. The Morgan fingerprint density at radius 2 is 2.14 bits per heavy atom. The third-order valence-corrected chi connectivity index (χ3v) is 2.08. The van der Waals surface area contributed by atoms with Crippen LogP contribution in [0.5, 0.6) is 0 Å². The van der Waals surface area contributed by atoms with Crippen molar-refractivity contribution in [2.24, 2.45) is 0 Å². The van der Waals surface area contributed by atoms with Crippen molar-refractivity contribution in [1.29, 1.82) is 0 Å². The van der Waals surface area contributed by atoms with Gasteiger partial charge in [0.05, 0.1) is 0 Å². The molecule has 0 aliphatic carbocycles. The molecule has 0 saturated carbocycles. The summed E-state index contributed by atoms with van der Waals surface area (Å²) in [4.78, 5) is 13.8. The van der Waals surface area contributed by atoms with Crippen LogP contribution >= 0.6 is 0 Å². The summed E-state index contributed by atoms with van der Waals surface area (Å²) in [5, 5.41) is 0. The number of rotatable bonds is 4. The normalized spacial score (nSPS) is 11.5. The highest BCUT2D eigenvalue weighted by atomic mass is 16.1. The van der Waals surface area contributed by atoms with Crippen molar-refractivity contribution in [3.05, 3.63) is 41.4 Å². The molecule has 0 fully saturated rings. The molecule has 0 amide bonds. The summed E-state index contributed by atoms with van der Waals surface area (Å²) in [6.07, 6.45) is 1.31. The van der Waals surface area contributed by atoms with E-state index in [4.69, 9.17) is 5.53 Å². The lowest BCUT2D eigenvalue weighted by Crippen LogP contribution is -2.05. The molecule has 1 aromatic rings. The second-order valence-corrected chi connectivity index (χ2v) is 3.23. The van der Waals surface area contributed by atoms with Gasteiger partial charge in [-0.05, 0) is 11.5 Å². The number of carbonyl (C=O) groups is 1. The van der Waals surface area contributed by atoms with E-state index in [-0.39, 0.29) is 11.7 Å². The van der Waals surface area contributed by atoms with Gasteiger partial charge in [0.15, 0.2) is 0 Å². The summed E-state index contributed by atoms with van der Waals surface area (Å²) in [6.45, 7) is 1.97. The van der Waals surface area contributed by atoms with Gasteiger partial charge >= 0.3 is 6.21 Å². The third kappa shape index (κ3) is 2.96. The number of ketones is 1. The van der Waals surface area contributed by atoms with Crippen molar-refractivity contribution in [2.45, 2.75) is 19.3 Å². The van der Waals surface area contributed by atoms with Crippen LogP contribution in [0.4, 0.5) is 0 Å². The summed E-state index contributed by atoms with van der Waals surface area (Å²) >= 11 is 0. The molecule has 0 unspecified atom stereocenters. The fourth-order valence-corrected chi connectivity index (χ4v) is 1.32. The van der Waals surface area contributed by atoms with Crippen LogP contribution in [0.25, 0.3) is 5.53 Å². The van der Waals surface area contributed by atoms with Gasteiger partial charge in [-0.15, -0.1) is 0 Å². The Labute approximate surface area is 83.0 Å². The lowest BCUT2D eigenvalue weighted by Gasteiger charge is -2.07. The van der Waals surface area contributed by atoms with Gasteiger partial charge in [-0.3, -0.25) is 4.79 Å². The minimum Gasteiger partial charge on any atom is -0.361 e. The first kappa shape index (κ1) is 10.4. The number of hydrogen-bond acceptors (Lipinski definition) is 1. The topological polar surface area (TPSA) is 53.5 Å².